The molecule has 0 saturated carbocycles. The van der Waals surface area contributed by atoms with Crippen LogP contribution in [0.15, 0.2) is 66.7 Å². The van der Waals surface area contributed by atoms with Crippen LogP contribution >= 0.6 is 11.6 Å². The molecule has 31 heavy (non-hydrogen) atoms. The lowest BCUT2D eigenvalue weighted by Gasteiger charge is -2.19. The molecular formula is C24H18ClN3O3. The van der Waals surface area contributed by atoms with E-state index in [1.165, 1.54) is 0 Å². The van der Waals surface area contributed by atoms with Gasteiger partial charge in [-0.2, -0.15) is 5.26 Å². The van der Waals surface area contributed by atoms with Crippen molar-refractivity contribution in [1.29, 1.82) is 5.26 Å². The molecule has 1 saturated heterocycles. The van der Waals surface area contributed by atoms with E-state index >= 15 is 0 Å². The van der Waals surface area contributed by atoms with Gasteiger partial charge in [0.15, 0.2) is 0 Å². The van der Waals surface area contributed by atoms with Crippen molar-refractivity contribution in [3.05, 3.63) is 88.4 Å². The van der Waals surface area contributed by atoms with Crippen LogP contribution in [0, 0.1) is 11.3 Å². The van der Waals surface area contributed by atoms with Crippen molar-refractivity contribution in [3.63, 3.8) is 0 Å². The smallest absolute Gasteiger partial charge is 0.248 e. The van der Waals surface area contributed by atoms with E-state index in [1.54, 1.807) is 65.6 Å². The summed E-state index contributed by atoms with van der Waals surface area (Å²) in [5.41, 5.74) is 7.67. The third kappa shape index (κ3) is 4.37. The average molecular weight is 432 g/mol. The van der Waals surface area contributed by atoms with E-state index in [4.69, 9.17) is 27.3 Å². The van der Waals surface area contributed by atoms with Gasteiger partial charge >= 0.3 is 0 Å². The molecule has 6 nitrogen and oxygen atoms in total. The van der Waals surface area contributed by atoms with E-state index < -0.39 is 5.91 Å². The zero-order chi connectivity index (χ0) is 22.0. The molecule has 1 unspecified atom stereocenters. The molecule has 2 amide bonds. The first kappa shape index (κ1) is 20.5. The molecule has 0 spiro atoms. The highest BCUT2D eigenvalue weighted by molar-refractivity contribution is 6.30. The Labute approximate surface area is 184 Å². The monoisotopic (exact) mass is 431 g/mol. The Kier molecular flexibility index (Phi) is 5.61. The Morgan fingerprint density at radius 1 is 1.13 bits per heavy atom. The molecule has 154 valence electrons. The maximum Gasteiger partial charge on any atom is 0.248 e. The second-order valence-corrected chi connectivity index (χ2v) is 7.68. The highest BCUT2D eigenvalue weighted by Crippen LogP contribution is 2.39. The number of hydrogen-bond donors (Lipinski definition) is 1. The van der Waals surface area contributed by atoms with Gasteiger partial charge in [-0.15, -0.1) is 0 Å². The maximum atomic E-state index is 12.8. The molecule has 1 heterocycles. The molecule has 0 radical (unpaired) electrons. The summed E-state index contributed by atoms with van der Waals surface area (Å²) in [7, 11) is 0. The van der Waals surface area contributed by atoms with Crippen LogP contribution in [-0.4, -0.2) is 18.4 Å². The van der Waals surface area contributed by atoms with Crippen molar-refractivity contribution in [2.24, 2.45) is 5.73 Å². The molecule has 3 aromatic rings. The molecule has 0 aliphatic carbocycles. The summed E-state index contributed by atoms with van der Waals surface area (Å²) in [6, 6.07) is 21.0. The predicted molar refractivity (Wildman–Crippen MR) is 117 cm³/mol. The average Bonchev–Trinajstić information content (AvgIpc) is 3.15. The minimum Gasteiger partial charge on any atom is -0.457 e. The highest BCUT2D eigenvalue weighted by Gasteiger charge is 2.33. The van der Waals surface area contributed by atoms with E-state index in [-0.39, 0.29) is 18.2 Å². The van der Waals surface area contributed by atoms with E-state index in [9.17, 15) is 9.59 Å². The van der Waals surface area contributed by atoms with Crippen molar-refractivity contribution >= 4 is 29.1 Å². The van der Waals surface area contributed by atoms with Gasteiger partial charge in [0.25, 0.3) is 0 Å². The Bertz CT molecular complexity index is 1220. The molecule has 1 aliphatic rings. The minimum atomic E-state index is -0.543. The van der Waals surface area contributed by atoms with Crippen LogP contribution in [0.3, 0.4) is 0 Å². The topological polar surface area (TPSA) is 96.4 Å². The van der Waals surface area contributed by atoms with Crippen LogP contribution in [0.4, 0.5) is 5.69 Å². The molecule has 1 aliphatic heterocycles. The first-order chi connectivity index (χ1) is 14.9. The number of primary amides is 1. The molecule has 4 rings (SSSR count). The van der Waals surface area contributed by atoms with Gasteiger partial charge in [0.2, 0.25) is 11.8 Å². The maximum absolute atomic E-state index is 12.8. The number of nitriles is 1. The van der Waals surface area contributed by atoms with Gasteiger partial charge in [0.1, 0.15) is 11.5 Å². The van der Waals surface area contributed by atoms with Crippen molar-refractivity contribution in [1.82, 2.24) is 0 Å². The first-order valence-electron chi connectivity index (χ1n) is 9.62. The lowest BCUT2D eigenvalue weighted by molar-refractivity contribution is -0.117. The minimum absolute atomic E-state index is 0.0565. The lowest BCUT2D eigenvalue weighted by atomic mass is 9.97. The summed E-state index contributed by atoms with van der Waals surface area (Å²) in [5, 5.41) is 9.63. The van der Waals surface area contributed by atoms with Crippen molar-refractivity contribution in [3.8, 4) is 17.6 Å². The normalized spacial score (nSPS) is 15.5. The van der Waals surface area contributed by atoms with Crippen LogP contribution in [0.25, 0.3) is 0 Å². The second kappa shape index (κ2) is 8.50. The third-order valence-electron chi connectivity index (χ3n) is 5.17. The Morgan fingerprint density at radius 2 is 1.94 bits per heavy atom. The fourth-order valence-electron chi connectivity index (χ4n) is 3.68. The number of hydrogen-bond acceptors (Lipinski definition) is 4. The standard InChI is InChI=1S/C24H18ClN3O3/c25-18-7-8-21(22(12-18)31-20-6-1-3-15(9-20)13-26)17-11-23(29)28(14-17)19-5-2-4-16(10-19)24(27)30/h1-10,12,17H,11,14H2,(H2,27,30). The van der Waals surface area contributed by atoms with Gasteiger partial charge in [0.05, 0.1) is 11.6 Å². The van der Waals surface area contributed by atoms with Crippen LogP contribution in [0.1, 0.15) is 33.8 Å². The summed E-state index contributed by atoms with van der Waals surface area (Å²) in [4.78, 5) is 25.9. The van der Waals surface area contributed by atoms with Gasteiger partial charge in [0, 0.05) is 40.7 Å². The van der Waals surface area contributed by atoms with Gasteiger partial charge in [-0.1, -0.05) is 29.8 Å². The van der Waals surface area contributed by atoms with Gasteiger partial charge < -0.3 is 15.4 Å². The molecule has 1 atom stereocenters. The molecule has 7 heteroatoms. The highest BCUT2D eigenvalue weighted by atomic mass is 35.5. The van der Waals surface area contributed by atoms with Crippen molar-refractivity contribution in [2.45, 2.75) is 12.3 Å². The van der Waals surface area contributed by atoms with Gasteiger partial charge in [-0.05, 0) is 48.5 Å². The molecule has 2 N–H and O–H groups in total. The summed E-state index contributed by atoms with van der Waals surface area (Å²) in [6.45, 7) is 0.428. The predicted octanol–water partition coefficient (Wildman–Crippen LogP) is 4.62. The lowest BCUT2D eigenvalue weighted by Crippen LogP contribution is -2.24. The third-order valence-corrected chi connectivity index (χ3v) is 5.41. The Hall–Kier alpha value is -3.82. The van der Waals surface area contributed by atoms with Crippen molar-refractivity contribution in [2.75, 3.05) is 11.4 Å². The molecule has 3 aromatic carbocycles. The Balaban J connectivity index is 1.63. The van der Waals surface area contributed by atoms with E-state index in [1.807, 2.05) is 6.07 Å². The number of carbonyl (C=O) groups is 2. The molecule has 0 bridgehead atoms. The van der Waals surface area contributed by atoms with Crippen LogP contribution < -0.4 is 15.4 Å². The molecule has 0 aromatic heterocycles. The van der Waals surface area contributed by atoms with Crippen LogP contribution in [0.5, 0.6) is 11.5 Å². The number of halogens is 1. The molecule has 1 fully saturated rings. The summed E-state index contributed by atoms with van der Waals surface area (Å²) in [5.74, 6) is 0.319. The number of rotatable bonds is 5. The van der Waals surface area contributed by atoms with Crippen molar-refractivity contribution < 1.29 is 14.3 Å². The zero-order valence-corrected chi connectivity index (χ0v) is 17.2. The fourth-order valence-corrected chi connectivity index (χ4v) is 3.84. The molecular weight excluding hydrogens is 414 g/mol. The number of nitrogens with zero attached hydrogens (tertiary/aromatic N) is 2. The van der Waals surface area contributed by atoms with E-state index in [2.05, 4.69) is 6.07 Å². The zero-order valence-electron chi connectivity index (χ0n) is 16.4. The Morgan fingerprint density at radius 3 is 2.71 bits per heavy atom. The fraction of sp³-hybridized carbons (Fsp3) is 0.125. The SMILES string of the molecule is N#Cc1cccc(Oc2cc(Cl)ccc2C2CC(=O)N(c3cccc(C(N)=O)c3)C2)c1. The largest absolute Gasteiger partial charge is 0.457 e. The van der Waals surface area contributed by atoms with E-state index in [0.29, 0.717) is 39.9 Å². The quantitative estimate of drug-likeness (QED) is 0.637. The summed E-state index contributed by atoms with van der Waals surface area (Å²) in [6.07, 6.45) is 0.289. The van der Waals surface area contributed by atoms with Crippen LogP contribution in [-0.2, 0) is 4.79 Å². The number of ether oxygens (including phenoxy) is 1. The first-order valence-corrected chi connectivity index (χ1v) is 10.00. The van der Waals surface area contributed by atoms with Gasteiger partial charge in [-0.3, -0.25) is 9.59 Å². The van der Waals surface area contributed by atoms with E-state index in [0.717, 1.165) is 5.56 Å². The number of amides is 2. The number of nitrogens with two attached hydrogens (primary N) is 1. The summed E-state index contributed by atoms with van der Waals surface area (Å²) < 4.78 is 6.05. The summed E-state index contributed by atoms with van der Waals surface area (Å²) >= 11 is 6.20. The van der Waals surface area contributed by atoms with Gasteiger partial charge in [-0.25, -0.2) is 0 Å². The number of anilines is 1. The van der Waals surface area contributed by atoms with Crippen LogP contribution in [0.2, 0.25) is 5.02 Å². The number of carbonyl (C=O) groups excluding carboxylic acids is 2. The second-order valence-electron chi connectivity index (χ2n) is 7.24. The number of benzene rings is 3.